The molecule has 1 saturated heterocycles. The molecule has 0 aromatic heterocycles. The summed E-state index contributed by atoms with van der Waals surface area (Å²) in [6.07, 6.45) is 2.34. The second-order valence-corrected chi connectivity index (χ2v) is 6.61. The summed E-state index contributed by atoms with van der Waals surface area (Å²) >= 11 is 0.945. The standard InChI is InChI=1S/C16H18BN3O6S/c1-9(2)26-12-5-4-11(17(23)24)6-10(12)8-18-20-16-19-15(22)13(27-16)7-14(21)25-3/h4-9,23-24H,1-3H3,(H,19,20,22)/b13-7+,18-8?. The Morgan fingerprint density at radius 1 is 1.37 bits per heavy atom. The molecule has 1 aliphatic rings. The van der Waals surface area contributed by atoms with Crippen molar-refractivity contribution in [2.24, 2.45) is 10.2 Å². The third kappa shape index (κ3) is 5.95. The van der Waals surface area contributed by atoms with E-state index < -0.39 is 19.0 Å². The number of hydrogen-bond acceptors (Lipinski definition) is 9. The Kier molecular flexibility index (Phi) is 7.16. The lowest BCUT2D eigenvalue weighted by Gasteiger charge is -2.13. The van der Waals surface area contributed by atoms with E-state index in [1.807, 2.05) is 13.8 Å². The highest BCUT2D eigenvalue weighted by molar-refractivity contribution is 8.18. The zero-order valence-electron chi connectivity index (χ0n) is 14.9. The summed E-state index contributed by atoms with van der Waals surface area (Å²) in [5.41, 5.74) is 0.755. The predicted molar refractivity (Wildman–Crippen MR) is 103 cm³/mol. The molecule has 11 heteroatoms. The maximum atomic E-state index is 11.7. The molecule has 1 aromatic rings. The topological polar surface area (TPSA) is 130 Å². The number of methoxy groups -OCH3 is 1. The summed E-state index contributed by atoms with van der Waals surface area (Å²) < 4.78 is 10.1. The van der Waals surface area contributed by atoms with E-state index in [1.165, 1.54) is 25.5 Å². The largest absolute Gasteiger partial charge is 0.490 e. The Hall–Kier alpha value is -2.63. The number of thioether (sulfide) groups is 1. The smallest absolute Gasteiger partial charge is 0.488 e. The van der Waals surface area contributed by atoms with Gasteiger partial charge in [-0.1, -0.05) is 6.07 Å². The molecule has 0 radical (unpaired) electrons. The van der Waals surface area contributed by atoms with Crippen LogP contribution < -0.4 is 15.5 Å². The highest BCUT2D eigenvalue weighted by Gasteiger charge is 2.25. The third-order valence-electron chi connectivity index (χ3n) is 3.14. The molecular weight excluding hydrogens is 373 g/mol. The van der Waals surface area contributed by atoms with Crippen LogP contribution in [0.1, 0.15) is 19.4 Å². The summed E-state index contributed by atoms with van der Waals surface area (Å²) in [4.78, 5) is 23.1. The molecule has 1 heterocycles. The Morgan fingerprint density at radius 2 is 2.11 bits per heavy atom. The van der Waals surface area contributed by atoms with Gasteiger partial charge in [-0.05, 0) is 43.2 Å². The minimum absolute atomic E-state index is 0.0935. The van der Waals surface area contributed by atoms with Crippen molar-refractivity contribution in [2.75, 3.05) is 7.11 Å². The molecule has 142 valence electrons. The summed E-state index contributed by atoms with van der Waals surface area (Å²) in [6.45, 7) is 3.71. The lowest BCUT2D eigenvalue weighted by Crippen LogP contribution is -2.30. The van der Waals surface area contributed by atoms with Gasteiger partial charge in [-0.15, -0.1) is 5.10 Å². The second-order valence-electron chi connectivity index (χ2n) is 5.58. The molecule has 0 spiro atoms. The Labute approximate surface area is 160 Å². The van der Waals surface area contributed by atoms with Crippen LogP contribution in [0.5, 0.6) is 5.75 Å². The Morgan fingerprint density at radius 3 is 2.74 bits per heavy atom. The van der Waals surface area contributed by atoms with Crippen molar-refractivity contribution >= 4 is 47.6 Å². The number of carbonyl (C=O) groups excluding carboxylic acids is 2. The normalized spacial score (nSPS) is 17.0. The van der Waals surface area contributed by atoms with Crippen LogP contribution in [0.3, 0.4) is 0 Å². The van der Waals surface area contributed by atoms with Crippen LogP contribution in [0.4, 0.5) is 0 Å². The average molecular weight is 391 g/mol. The Balaban J connectivity index is 2.21. The van der Waals surface area contributed by atoms with Gasteiger partial charge in [-0.3, -0.25) is 10.1 Å². The fraction of sp³-hybridized carbons (Fsp3) is 0.250. The molecule has 0 saturated carbocycles. The van der Waals surface area contributed by atoms with Gasteiger partial charge in [-0.2, -0.15) is 5.10 Å². The second kappa shape index (κ2) is 9.35. The number of ether oxygens (including phenoxy) is 2. The van der Waals surface area contributed by atoms with E-state index in [2.05, 4.69) is 20.3 Å². The minimum Gasteiger partial charge on any atom is -0.490 e. The molecule has 0 aliphatic carbocycles. The number of amides is 1. The molecule has 1 aromatic carbocycles. The number of nitrogens with zero attached hydrogens (tertiary/aromatic N) is 2. The van der Waals surface area contributed by atoms with Crippen molar-refractivity contribution in [1.82, 2.24) is 5.32 Å². The van der Waals surface area contributed by atoms with Gasteiger partial charge < -0.3 is 19.5 Å². The van der Waals surface area contributed by atoms with Gasteiger partial charge in [0.1, 0.15) is 5.75 Å². The van der Waals surface area contributed by atoms with E-state index in [9.17, 15) is 19.6 Å². The fourth-order valence-corrected chi connectivity index (χ4v) is 2.71. The van der Waals surface area contributed by atoms with Gasteiger partial charge in [-0.25, -0.2) is 4.79 Å². The summed E-state index contributed by atoms with van der Waals surface area (Å²) in [7, 11) is -0.419. The van der Waals surface area contributed by atoms with E-state index in [4.69, 9.17) is 4.74 Å². The van der Waals surface area contributed by atoms with E-state index in [1.54, 1.807) is 6.07 Å². The first-order chi connectivity index (χ1) is 12.8. The molecule has 9 nitrogen and oxygen atoms in total. The minimum atomic E-state index is -1.63. The molecule has 0 bridgehead atoms. The quantitative estimate of drug-likeness (QED) is 0.201. The molecule has 1 fully saturated rings. The number of nitrogens with one attached hydrogen (secondary N) is 1. The van der Waals surface area contributed by atoms with E-state index >= 15 is 0 Å². The van der Waals surface area contributed by atoms with Crippen molar-refractivity contribution in [3.8, 4) is 5.75 Å². The van der Waals surface area contributed by atoms with E-state index in [0.29, 0.717) is 11.3 Å². The summed E-state index contributed by atoms with van der Waals surface area (Å²) in [5, 5.41) is 29.1. The molecule has 0 unspecified atom stereocenters. The summed E-state index contributed by atoms with van der Waals surface area (Å²) in [5.74, 6) is -0.631. The molecule has 1 aliphatic heterocycles. The van der Waals surface area contributed by atoms with E-state index in [-0.39, 0.29) is 21.6 Å². The number of rotatable bonds is 6. The Bertz CT molecular complexity index is 822. The van der Waals surface area contributed by atoms with Gasteiger partial charge in [0.2, 0.25) is 0 Å². The van der Waals surface area contributed by atoms with Crippen molar-refractivity contribution < 1.29 is 29.1 Å². The molecular formula is C16H18BN3O6S. The van der Waals surface area contributed by atoms with Crippen LogP contribution in [0.2, 0.25) is 0 Å². The lowest BCUT2D eigenvalue weighted by atomic mass is 9.79. The molecule has 1 amide bonds. The lowest BCUT2D eigenvalue weighted by molar-refractivity contribution is -0.135. The number of hydrogen-bond donors (Lipinski definition) is 3. The first-order valence-electron chi connectivity index (χ1n) is 7.86. The van der Waals surface area contributed by atoms with Crippen molar-refractivity contribution in [2.45, 2.75) is 20.0 Å². The monoisotopic (exact) mass is 391 g/mol. The van der Waals surface area contributed by atoms with Gasteiger partial charge >= 0.3 is 13.1 Å². The van der Waals surface area contributed by atoms with Gasteiger partial charge in [0.05, 0.1) is 24.3 Å². The molecule has 2 rings (SSSR count). The molecule has 0 atom stereocenters. The van der Waals surface area contributed by atoms with Crippen molar-refractivity contribution in [1.29, 1.82) is 0 Å². The van der Waals surface area contributed by atoms with Crippen molar-refractivity contribution in [3.05, 3.63) is 34.7 Å². The third-order valence-corrected chi connectivity index (χ3v) is 4.04. The zero-order chi connectivity index (χ0) is 20.0. The van der Waals surface area contributed by atoms with E-state index in [0.717, 1.165) is 17.8 Å². The van der Waals surface area contributed by atoms with Gasteiger partial charge in [0, 0.05) is 11.6 Å². The van der Waals surface area contributed by atoms with Crippen LogP contribution in [0, 0.1) is 0 Å². The average Bonchev–Trinajstić information content (AvgIpc) is 2.95. The van der Waals surface area contributed by atoms with Gasteiger partial charge in [0.25, 0.3) is 5.91 Å². The number of esters is 1. The fourth-order valence-electron chi connectivity index (χ4n) is 1.97. The number of carbonyl (C=O) groups is 2. The highest BCUT2D eigenvalue weighted by Crippen LogP contribution is 2.23. The van der Waals surface area contributed by atoms with Crippen molar-refractivity contribution in [3.63, 3.8) is 0 Å². The predicted octanol–water partition coefficient (Wildman–Crippen LogP) is -0.237. The van der Waals surface area contributed by atoms with Crippen LogP contribution in [-0.4, -0.2) is 53.6 Å². The first kappa shape index (κ1) is 20.7. The summed E-state index contributed by atoms with van der Waals surface area (Å²) in [6, 6.07) is 4.64. The van der Waals surface area contributed by atoms with Crippen LogP contribution in [-0.2, 0) is 14.3 Å². The molecule has 3 N–H and O–H groups in total. The maximum absolute atomic E-state index is 11.7. The SMILES string of the molecule is COC(=O)/C=C1/S/C(=N\N=Cc2cc(B(O)O)ccc2OC(C)C)NC1=O. The number of benzene rings is 1. The van der Waals surface area contributed by atoms with Crippen LogP contribution in [0.25, 0.3) is 0 Å². The van der Waals surface area contributed by atoms with Crippen LogP contribution in [0.15, 0.2) is 39.4 Å². The van der Waals surface area contributed by atoms with Crippen LogP contribution >= 0.6 is 11.8 Å². The van der Waals surface area contributed by atoms with Gasteiger partial charge in [0.15, 0.2) is 5.17 Å². The number of amidine groups is 1. The molecule has 27 heavy (non-hydrogen) atoms. The maximum Gasteiger partial charge on any atom is 0.488 e. The first-order valence-corrected chi connectivity index (χ1v) is 8.68. The zero-order valence-corrected chi connectivity index (χ0v) is 15.7. The highest BCUT2D eigenvalue weighted by atomic mass is 32.2.